The van der Waals surface area contributed by atoms with Crippen LogP contribution < -0.4 is 5.32 Å². The molecule has 0 radical (unpaired) electrons. The fourth-order valence-electron chi connectivity index (χ4n) is 2.14. The third-order valence-electron chi connectivity index (χ3n) is 3.08. The van der Waals surface area contributed by atoms with Crippen molar-refractivity contribution in [2.24, 2.45) is 0 Å². The number of hydrogen-bond acceptors (Lipinski definition) is 3. The van der Waals surface area contributed by atoms with E-state index in [0.29, 0.717) is 25.3 Å². The van der Waals surface area contributed by atoms with Gasteiger partial charge in [-0.1, -0.05) is 12.1 Å². The van der Waals surface area contributed by atoms with Gasteiger partial charge in [-0.25, -0.2) is 9.18 Å². The third-order valence-corrected chi connectivity index (χ3v) is 3.08. The fraction of sp³-hybridized carbons (Fsp3) is 0.357. The summed E-state index contributed by atoms with van der Waals surface area (Å²) in [7, 11) is 0. The van der Waals surface area contributed by atoms with Crippen LogP contribution in [0.2, 0.25) is 0 Å². The Labute approximate surface area is 110 Å². The zero-order valence-corrected chi connectivity index (χ0v) is 10.6. The van der Waals surface area contributed by atoms with Gasteiger partial charge in [-0.15, -0.1) is 0 Å². The van der Waals surface area contributed by atoms with Crippen LogP contribution in [0.3, 0.4) is 0 Å². The van der Waals surface area contributed by atoms with Gasteiger partial charge in [0.15, 0.2) is 5.88 Å². The molecule has 102 valence electrons. The average Bonchev–Trinajstić information content (AvgIpc) is 2.39. The number of ether oxygens (including phenoxy) is 1. The van der Waals surface area contributed by atoms with E-state index in [0.717, 1.165) is 5.56 Å². The summed E-state index contributed by atoms with van der Waals surface area (Å²) in [5.41, 5.74) is 1.18. The van der Waals surface area contributed by atoms with Crippen molar-refractivity contribution in [1.82, 2.24) is 5.32 Å². The van der Waals surface area contributed by atoms with Crippen LogP contribution in [0.25, 0.3) is 0 Å². The van der Waals surface area contributed by atoms with Crippen molar-refractivity contribution in [1.29, 1.82) is 0 Å². The molecule has 19 heavy (non-hydrogen) atoms. The van der Waals surface area contributed by atoms with Crippen molar-refractivity contribution in [3.8, 4) is 0 Å². The van der Waals surface area contributed by atoms with Crippen molar-refractivity contribution in [3.05, 3.63) is 47.1 Å². The summed E-state index contributed by atoms with van der Waals surface area (Å²) in [5.74, 6) is -0.935. The van der Waals surface area contributed by atoms with Crippen LogP contribution in [0.15, 0.2) is 35.7 Å². The van der Waals surface area contributed by atoms with Gasteiger partial charge in [-0.3, -0.25) is 0 Å². The number of benzene rings is 1. The molecule has 0 spiro atoms. The van der Waals surface area contributed by atoms with Gasteiger partial charge in [0.25, 0.3) is 0 Å². The number of hydrogen-bond donors (Lipinski definition) is 2. The Morgan fingerprint density at radius 3 is 2.74 bits per heavy atom. The monoisotopic (exact) mass is 265 g/mol. The van der Waals surface area contributed by atoms with E-state index < -0.39 is 5.97 Å². The topological polar surface area (TPSA) is 58.6 Å². The zero-order valence-electron chi connectivity index (χ0n) is 10.6. The quantitative estimate of drug-likeness (QED) is 0.878. The van der Waals surface area contributed by atoms with Gasteiger partial charge in [0.1, 0.15) is 5.82 Å². The maximum atomic E-state index is 12.9. The van der Waals surface area contributed by atoms with Gasteiger partial charge in [0, 0.05) is 0 Å². The van der Waals surface area contributed by atoms with Crippen LogP contribution in [0.1, 0.15) is 31.4 Å². The number of rotatable bonds is 4. The van der Waals surface area contributed by atoms with Gasteiger partial charge in [0.05, 0.1) is 18.2 Å². The van der Waals surface area contributed by atoms with E-state index in [2.05, 4.69) is 5.32 Å². The molecule has 1 aliphatic heterocycles. The van der Waals surface area contributed by atoms with Gasteiger partial charge in [-0.05, 0) is 37.5 Å². The number of nitrogens with one attached hydrogen (secondary N) is 1. The van der Waals surface area contributed by atoms with Crippen LogP contribution in [0, 0.1) is 5.82 Å². The Morgan fingerprint density at radius 2 is 2.16 bits per heavy atom. The third kappa shape index (κ3) is 3.05. The summed E-state index contributed by atoms with van der Waals surface area (Å²) in [6.07, 6.45) is 1.07. The molecule has 2 rings (SSSR count). The lowest BCUT2D eigenvalue weighted by Gasteiger charge is -2.28. The van der Waals surface area contributed by atoms with E-state index in [1.54, 1.807) is 19.1 Å². The van der Waals surface area contributed by atoms with E-state index in [1.165, 1.54) is 12.1 Å². The summed E-state index contributed by atoms with van der Waals surface area (Å²) in [6, 6.07) is 6.14. The number of carboxylic acids is 1. The van der Waals surface area contributed by atoms with E-state index in [-0.39, 0.29) is 17.4 Å². The van der Waals surface area contributed by atoms with Gasteiger partial charge in [-0.2, -0.15) is 0 Å². The number of carbonyl (C=O) groups is 1. The molecule has 0 saturated carbocycles. The summed E-state index contributed by atoms with van der Waals surface area (Å²) in [4.78, 5) is 11.1. The van der Waals surface area contributed by atoms with Crippen LogP contribution in [-0.2, 0) is 9.53 Å². The Bertz CT molecular complexity index is 496. The average molecular weight is 265 g/mol. The molecule has 0 amide bonds. The Balaban J connectivity index is 2.20. The van der Waals surface area contributed by atoms with Crippen molar-refractivity contribution >= 4 is 5.97 Å². The first-order chi connectivity index (χ1) is 9.11. The normalized spacial score (nSPS) is 18.9. The molecular weight excluding hydrogens is 249 g/mol. The van der Waals surface area contributed by atoms with Crippen molar-refractivity contribution < 1.29 is 19.0 Å². The first kappa shape index (κ1) is 13.4. The molecule has 1 aliphatic rings. The van der Waals surface area contributed by atoms with E-state index >= 15 is 0 Å². The van der Waals surface area contributed by atoms with Crippen LogP contribution >= 0.6 is 0 Å². The van der Waals surface area contributed by atoms with Gasteiger partial charge in [0.2, 0.25) is 0 Å². The molecule has 4 nitrogen and oxygen atoms in total. The second kappa shape index (κ2) is 5.73. The lowest BCUT2D eigenvalue weighted by Crippen LogP contribution is -2.30. The minimum absolute atomic E-state index is 0.0507. The predicted octanol–water partition coefficient (Wildman–Crippen LogP) is 2.58. The molecule has 1 aromatic carbocycles. The van der Waals surface area contributed by atoms with Crippen molar-refractivity contribution in [2.75, 3.05) is 6.61 Å². The molecule has 0 fully saturated rings. The van der Waals surface area contributed by atoms with E-state index in [4.69, 9.17) is 9.84 Å². The highest BCUT2D eigenvalue weighted by Gasteiger charge is 2.26. The van der Waals surface area contributed by atoms with Crippen LogP contribution in [-0.4, -0.2) is 17.7 Å². The SMILES string of the molecule is CCOC1=C(C(=O)O)CC[C@H](c2ccc(F)cc2)N1. The minimum atomic E-state index is -0.964. The largest absolute Gasteiger partial charge is 0.479 e. The minimum Gasteiger partial charge on any atom is -0.479 e. The molecule has 0 saturated heterocycles. The van der Waals surface area contributed by atoms with Crippen LogP contribution in [0.5, 0.6) is 0 Å². The van der Waals surface area contributed by atoms with Crippen molar-refractivity contribution in [3.63, 3.8) is 0 Å². The van der Waals surface area contributed by atoms with Gasteiger partial charge >= 0.3 is 5.97 Å². The Hall–Kier alpha value is -2.04. The molecule has 2 N–H and O–H groups in total. The molecule has 5 heteroatoms. The molecule has 0 aliphatic carbocycles. The second-order valence-electron chi connectivity index (χ2n) is 4.33. The second-order valence-corrected chi connectivity index (χ2v) is 4.33. The Kier molecular flexibility index (Phi) is 4.04. The fourth-order valence-corrected chi connectivity index (χ4v) is 2.14. The smallest absolute Gasteiger partial charge is 0.336 e. The summed E-state index contributed by atoms with van der Waals surface area (Å²) >= 11 is 0. The highest BCUT2D eigenvalue weighted by atomic mass is 19.1. The lowest BCUT2D eigenvalue weighted by molar-refractivity contribution is -0.133. The highest BCUT2D eigenvalue weighted by molar-refractivity contribution is 5.87. The zero-order chi connectivity index (χ0) is 13.8. The molecule has 1 atom stereocenters. The summed E-state index contributed by atoms with van der Waals surface area (Å²) in [5, 5.41) is 12.2. The molecule has 0 bridgehead atoms. The van der Waals surface area contributed by atoms with Gasteiger partial charge < -0.3 is 15.2 Å². The van der Waals surface area contributed by atoms with Crippen LogP contribution in [0.4, 0.5) is 4.39 Å². The maximum absolute atomic E-state index is 12.9. The number of carboxylic acid groups (broad SMARTS) is 1. The predicted molar refractivity (Wildman–Crippen MR) is 67.8 cm³/mol. The standard InChI is InChI=1S/C14H16FNO3/c1-2-19-13-11(14(17)18)7-8-12(16-13)9-3-5-10(15)6-4-9/h3-6,12,16H,2,7-8H2,1H3,(H,17,18)/t12-/m1/s1. The van der Waals surface area contributed by atoms with E-state index in [9.17, 15) is 9.18 Å². The first-order valence-electron chi connectivity index (χ1n) is 6.23. The highest BCUT2D eigenvalue weighted by Crippen LogP contribution is 2.29. The molecule has 1 aromatic rings. The lowest BCUT2D eigenvalue weighted by atomic mass is 9.95. The van der Waals surface area contributed by atoms with Crippen molar-refractivity contribution in [2.45, 2.75) is 25.8 Å². The number of aliphatic carboxylic acids is 1. The summed E-state index contributed by atoms with van der Waals surface area (Å²) < 4.78 is 18.2. The maximum Gasteiger partial charge on any atom is 0.336 e. The first-order valence-corrected chi connectivity index (χ1v) is 6.23. The molecular formula is C14H16FNO3. The summed E-state index contributed by atoms with van der Waals surface area (Å²) in [6.45, 7) is 2.20. The molecule has 0 aromatic heterocycles. The molecule has 0 unspecified atom stereocenters. The van der Waals surface area contributed by atoms with E-state index in [1.807, 2.05) is 0 Å². The Morgan fingerprint density at radius 1 is 1.47 bits per heavy atom. The number of halogens is 1. The molecule has 1 heterocycles.